The Morgan fingerprint density at radius 1 is 1.28 bits per heavy atom. The van der Waals surface area contributed by atoms with Crippen LogP contribution in [0.5, 0.6) is 0 Å². The topological polar surface area (TPSA) is 12.0 Å². The minimum atomic E-state index is -3.61. The average Bonchev–Trinajstić information content (AvgIpc) is 1.94. The van der Waals surface area contributed by atoms with Crippen LogP contribution in [0.3, 0.4) is 0 Å². The van der Waals surface area contributed by atoms with Gasteiger partial charge in [0.15, 0.2) is 0 Å². The van der Waals surface area contributed by atoms with Gasteiger partial charge in [0.2, 0.25) is 0 Å². The van der Waals surface area contributed by atoms with Crippen molar-refractivity contribution in [1.82, 2.24) is 3.80 Å². The van der Waals surface area contributed by atoms with Crippen LogP contribution in [0.4, 0.5) is 0 Å². The van der Waals surface area contributed by atoms with Crippen LogP contribution in [-0.4, -0.2) is 12.2 Å². The van der Waals surface area contributed by atoms with Crippen molar-refractivity contribution in [3.8, 4) is 0 Å². The summed E-state index contributed by atoms with van der Waals surface area (Å²) in [6.45, 7) is 17.7. The molecule has 0 amide bonds. The first-order valence-corrected chi connectivity index (χ1v) is 18.2. The van der Waals surface area contributed by atoms with E-state index >= 15 is 0 Å². The van der Waals surface area contributed by atoms with Crippen molar-refractivity contribution in [2.24, 2.45) is 0 Å². The van der Waals surface area contributed by atoms with E-state index in [-0.39, 0.29) is 5.54 Å². The average molecular weight is 345 g/mol. The third-order valence-electron chi connectivity index (χ3n) is 2.86. The summed E-state index contributed by atoms with van der Waals surface area (Å²) < 4.78 is 4.44. The van der Waals surface area contributed by atoms with Crippen molar-refractivity contribution >= 4 is 25.3 Å². The number of allylic oxidation sites excluding steroid dienone is 3. The molecular formula is C13H28Cl2NSiTi. The van der Waals surface area contributed by atoms with E-state index < -0.39 is 19.4 Å². The van der Waals surface area contributed by atoms with Crippen LogP contribution >= 0.6 is 18.6 Å². The molecule has 0 fully saturated rings. The van der Waals surface area contributed by atoms with Gasteiger partial charge in [-0.05, 0) is 0 Å². The van der Waals surface area contributed by atoms with E-state index in [4.69, 9.17) is 18.6 Å². The van der Waals surface area contributed by atoms with E-state index in [9.17, 15) is 0 Å². The summed E-state index contributed by atoms with van der Waals surface area (Å²) in [6.07, 6.45) is 2.09. The monoisotopic (exact) mass is 344 g/mol. The van der Waals surface area contributed by atoms with Gasteiger partial charge in [0.05, 0.1) is 0 Å². The summed E-state index contributed by atoms with van der Waals surface area (Å²) in [7, 11) is 14.1. The number of rotatable bonds is 5. The molecule has 0 bridgehead atoms. The second kappa shape index (κ2) is 6.15. The molecule has 0 saturated heterocycles. The van der Waals surface area contributed by atoms with Crippen LogP contribution in [0.1, 0.15) is 34.6 Å². The van der Waals surface area contributed by atoms with Crippen LogP contribution in [0.25, 0.3) is 0 Å². The van der Waals surface area contributed by atoms with Crippen molar-refractivity contribution in [1.29, 1.82) is 0 Å². The molecule has 5 heteroatoms. The SMILES string of the molecule is C=C(C)C=C(C)[CH2][Ti]([Cl])([Cl])([NH]C(C)(C)C)[SiH](C)C. The molecule has 107 valence electrons. The molecule has 0 aromatic heterocycles. The zero-order chi connectivity index (χ0) is 14.8. The molecule has 1 nitrogen and oxygen atoms in total. The van der Waals surface area contributed by atoms with Gasteiger partial charge in [-0.25, -0.2) is 0 Å². The Hall–Kier alpha value is 0.951. The predicted octanol–water partition coefficient (Wildman–Crippen LogP) is 5.21. The zero-order valence-electron chi connectivity index (χ0n) is 12.8. The Kier molecular flexibility index (Phi) is 6.48. The quantitative estimate of drug-likeness (QED) is 0.533. The van der Waals surface area contributed by atoms with E-state index in [0.29, 0.717) is 0 Å². The Labute approximate surface area is 123 Å². The van der Waals surface area contributed by atoms with Crippen molar-refractivity contribution in [2.75, 3.05) is 0 Å². The van der Waals surface area contributed by atoms with Crippen molar-refractivity contribution in [3.05, 3.63) is 23.8 Å². The maximum absolute atomic E-state index is 7.03. The molecule has 0 aliphatic carbocycles. The van der Waals surface area contributed by atoms with Gasteiger partial charge >= 0.3 is 124 Å². The summed E-state index contributed by atoms with van der Waals surface area (Å²) >= 11 is -3.61. The number of hydrogen-bond acceptors (Lipinski definition) is 1. The Morgan fingerprint density at radius 3 is 2.00 bits per heavy atom. The number of halogens is 2. The Balaban J connectivity index is 5.34. The van der Waals surface area contributed by atoms with E-state index in [2.05, 4.69) is 57.2 Å². The van der Waals surface area contributed by atoms with Crippen molar-refractivity contribution < 1.29 is 12.7 Å². The van der Waals surface area contributed by atoms with Gasteiger partial charge in [-0.15, -0.1) is 0 Å². The normalized spacial score (nSPS) is 16.6. The molecule has 1 N–H and O–H groups in total. The number of hydrogen-bond donors (Lipinski definition) is 1. The minimum absolute atomic E-state index is 0.0402. The Bertz CT molecular complexity index is 356. The van der Waals surface area contributed by atoms with Gasteiger partial charge < -0.3 is 0 Å². The van der Waals surface area contributed by atoms with Crippen molar-refractivity contribution in [2.45, 2.75) is 58.0 Å². The summed E-state index contributed by atoms with van der Waals surface area (Å²) in [5.41, 5.74) is 2.25. The second-order valence-electron chi connectivity index (χ2n) is 6.81. The third-order valence-corrected chi connectivity index (χ3v) is 33.7. The summed E-state index contributed by atoms with van der Waals surface area (Å²) in [6, 6.07) is 0. The molecule has 0 radical (unpaired) electrons. The summed E-state index contributed by atoms with van der Waals surface area (Å²) in [4.78, 5) is 0. The zero-order valence-corrected chi connectivity index (χ0v) is 17.1. The van der Waals surface area contributed by atoms with E-state index in [1.807, 2.05) is 6.92 Å². The molecule has 0 aliphatic heterocycles. The van der Waals surface area contributed by atoms with Gasteiger partial charge in [0.25, 0.3) is 0 Å². The van der Waals surface area contributed by atoms with Gasteiger partial charge in [0, 0.05) is 0 Å². The fraction of sp³-hybridized carbons (Fsp3) is 0.692. The van der Waals surface area contributed by atoms with Crippen LogP contribution in [-0.2, 0) is 12.7 Å². The maximum atomic E-state index is 7.03. The first-order valence-electron chi connectivity index (χ1n) is 6.46. The van der Waals surface area contributed by atoms with Gasteiger partial charge in [0.1, 0.15) is 0 Å². The molecule has 0 atom stereocenters. The first-order chi connectivity index (χ1) is 7.75. The third kappa shape index (κ3) is 6.40. The molecule has 0 unspecified atom stereocenters. The van der Waals surface area contributed by atoms with Gasteiger partial charge in [-0.3, -0.25) is 0 Å². The molecule has 0 aromatic carbocycles. The summed E-state index contributed by atoms with van der Waals surface area (Å²) in [5.74, 6) is 0. The van der Waals surface area contributed by atoms with E-state index in [1.54, 1.807) is 0 Å². The van der Waals surface area contributed by atoms with E-state index in [0.717, 1.165) is 10.3 Å². The summed E-state index contributed by atoms with van der Waals surface area (Å²) in [5, 5.41) is 0. The molecule has 0 saturated carbocycles. The number of nitrogens with one attached hydrogen (secondary N) is 1. The second-order valence-corrected chi connectivity index (χ2v) is 35.6. The predicted molar refractivity (Wildman–Crippen MR) is 86.8 cm³/mol. The molecule has 0 aliphatic rings. The van der Waals surface area contributed by atoms with Gasteiger partial charge in [-0.2, -0.15) is 0 Å². The van der Waals surface area contributed by atoms with Crippen molar-refractivity contribution in [3.63, 3.8) is 0 Å². The molecular weight excluding hydrogens is 317 g/mol. The van der Waals surface area contributed by atoms with Crippen LogP contribution in [0.15, 0.2) is 23.8 Å². The van der Waals surface area contributed by atoms with E-state index in [1.165, 1.54) is 5.57 Å². The molecule has 0 heterocycles. The standard InChI is InChI=1S/C7H11.C4H10N.C2H7Si.2ClH.Ti/c1-6(2)5-7(3)4;1-4(2,3)5;1-3-2;;;/h5H,1,3H2,2,4H3;5H,1-3H3;3H,1-2H3;2*1H;/q;-1;;;;+3/p-2. The fourth-order valence-corrected chi connectivity index (χ4v) is 17.6. The molecule has 0 aromatic rings. The van der Waals surface area contributed by atoms with Crippen LogP contribution < -0.4 is 3.80 Å². The molecule has 0 spiro atoms. The Morgan fingerprint density at radius 2 is 1.72 bits per heavy atom. The molecule has 18 heavy (non-hydrogen) atoms. The molecule has 0 rings (SSSR count). The van der Waals surface area contributed by atoms with Crippen LogP contribution in [0.2, 0.25) is 17.8 Å². The fourth-order valence-electron chi connectivity index (χ4n) is 2.14. The first kappa shape index (κ1) is 19.0. The van der Waals surface area contributed by atoms with Gasteiger partial charge in [-0.1, -0.05) is 0 Å². The van der Waals surface area contributed by atoms with Crippen LogP contribution in [0, 0.1) is 0 Å².